The molecule has 0 radical (unpaired) electrons. The van der Waals surface area contributed by atoms with Crippen molar-refractivity contribution in [2.45, 2.75) is 64.0 Å². The normalized spacial score (nSPS) is 21.2. The molecule has 16 heavy (non-hydrogen) atoms. The summed E-state index contributed by atoms with van der Waals surface area (Å²) in [6.07, 6.45) is 7.80. The fourth-order valence-corrected chi connectivity index (χ4v) is 2.62. The first-order chi connectivity index (χ1) is 7.76. The Balaban J connectivity index is 2.10. The third kappa shape index (κ3) is 5.28. The summed E-state index contributed by atoms with van der Waals surface area (Å²) >= 11 is 0. The predicted molar refractivity (Wildman–Crippen MR) is 66.4 cm³/mol. The van der Waals surface area contributed by atoms with Crippen LogP contribution in [0.25, 0.3) is 0 Å². The Morgan fingerprint density at radius 1 is 1.31 bits per heavy atom. The van der Waals surface area contributed by atoms with Gasteiger partial charge in [-0.2, -0.15) is 0 Å². The summed E-state index contributed by atoms with van der Waals surface area (Å²) in [5.74, 6) is 0.745. The van der Waals surface area contributed by atoms with E-state index in [-0.39, 0.29) is 12.7 Å². The van der Waals surface area contributed by atoms with Crippen LogP contribution in [-0.4, -0.2) is 35.5 Å². The van der Waals surface area contributed by atoms with Gasteiger partial charge < -0.3 is 15.5 Å². The summed E-state index contributed by atoms with van der Waals surface area (Å²) in [4.78, 5) is 0. The van der Waals surface area contributed by atoms with E-state index in [1.165, 1.54) is 25.7 Å². The average Bonchev–Trinajstić information content (AvgIpc) is 2.76. The van der Waals surface area contributed by atoms with Gasteiger partial charge in [0.25, 0.3) is 0 Å². The van der Waals surface area contributed by atoms with Crippen molar-refractivity contribution >= 4 is 0 Å². The van der Waals surface area contributed by atoms with Crippen LogP contribution in [0.3, 0.4) is 0 Å². The van der Waals surface area contributed by atoms with E-state index in [9.17, 15) is 5.11 Å². The second kappa shape index (κ2) is 8.04. The Bertz CT molecular complexity index is 169. The molecule has 0 bridgehead atoms. The molecule has 3 heteroatoms. The van der Waals surface area contributed by atoms with E-state index in [1.807, 2.05) is 0 Å². The van der Waals surface area contributed by atoms with Crippen molar-refractivity contribution in [3.05, 3.63) is 0 Å². The molecule has 96 valence electrons. The molecule has 3 N–H and O–H groups in total. The van der Waals surface area contributed by atoms with Crippen molar-refractivity contribution < 1.29 is 10.2 Å². The zero-order chi connectivity index (χ0) is 11.8. The van der Waals surface area contributed by atoms with Crippen LogP contribution < -0.4 is 5.32 Å². The van der Waals surface area contributed by atoms with E-state index in [2.05, 4.69) is 12.2 Å². The van der Waals surface area contributed by atoms with Crippen LogP contribution in [-0.2, 0) is 0 Å². The fraction of sp³-hybridized carbons (Fsp3) is 1.00. The molecule has 0 amide bonds. The third-order valence-corrected chi connectivity index (χ3v) is 3.69. The van der Waals surface area contributed by atoms with Crippen LogP contribution in [0, 0.1) is 5.92 Å². The van der Waals surface area contributed by atoms with Crippen LogP contribution in [0.5, 0.6) is 0 Å². The van der Waals surface area contributed by atoms with Gasteiger partial charge >= 0.3 is 0 Å². The zero-order valence-electron chi connectivity index (χ0n) is 10.5. The molecule has 1 aliphatic rings. The molecule has 0 aliphatic heterocycles. The van der Waals surface area contributed by atoms with Crippen molar-refractivity contribution in [3.8, 4) is 0 Å². The van der Waals surface area contributed by atoms with Crippen molar-refractivity contribution in [1.82, 2.24) is 5.32 Å². The van der Waals surface area contributed by atoms with Crippen LogP contribution in [0.15, 0.2) is 0 Å². The molecule has 0 aromatic heterocycles. The lowest BCUT2D eigenvalue weighted by molar-refractivity contribution is 0.134. The van der Waals surface area contributed by atoms with Gasteiger partial charge in [-0.05, 0) is 25.2 Å². The molecule has 1 aliphatic carbocycles. The maximum absolute atomic E-state index is 9.90. The topological polar surface area (TPSA) is 52.5 Å². The summed E-state index contributed by atoms with van der Waals surface area (Å²) < 4.78 is 0. The molecule has 0 saturated heterocycles. The summed E-state index contributed by atoms with van der Waals surface area (Å²) in [5, 5.41) is 22.1. The highest BCUT2D eigenvalue weighted by atomic mass is 16.3. The molecule has 2 atom stereocenters. The molecule has 1 saturated carbocycles. The number of hydrogen-bond acceptors (Lipinski definition) is 3. The highest BCUT2D eigenvalue weighted by molar-refractivity contribution is 4.74. The lowest BCUT2D eigenvalue weighted by Gasteiger charge is -2.20. The average molecular weight is 229 g/mol. The van der Waals surface area contributed by atoms with E-state index >= 15 is 0 Å². The Hall–Kier alpha value is -0.120. The summed E-state index contributed by atoms with van der Waals surface area (Å²) in [6, 6.07) is 0.350. The van der Waals surface area contributed by atoms with Crippen molar-refractivity contribution in [1.29, 1.82) is 0 Å². The minimum atomic E-state index is -0.212. The van der Waals surface area contributed by atoms with Crippen molar-refractivity contribution in [3.63, 3.8) is 0 Å². The smallest absolute Gasteiger partial charge is 0.0667 e. The van der Waals surface area contributed by atoms with Crippen molar-refractivity contribution in [2.75, 3.05) is 13.2 Å². The van der Waals surface area contributed by atoms with E-state index in [4.69, 9.17) is 5.11 Å². The third-order valence-electron chi connectivity index (χ3n) is 3.69. The van der Waals surface area contributed by atoms with E-state index < -0.39 is 0 Å². The lowest BCUT2D eigenvalue weighted by atomic mass is 10.00. The highest BCUT2D eigenvalue weighted by Gasteiger charge is 2.19. The molecule has 0 aromatic rings. The maximum Gasteiger partial charge on any atom is 0.0667 e. The first kappa shape index (κ1) is 13.9. The second-order valence-corrected chi connectivity index (χ2v) is 5.07. The minimum Gasteiger partial charge on any atom is -0.396 e. The van der Waals surface area contributed by atoms with E-state index in [0.29, 0.717) is 12.6 Å². The van der Waals surface area contributed by atoms with Gasteiger partial charge in [-0.25, -0.2) is 0 Å². The van der Waals surface area contributed by atoms with Gasteiger partial charge in [-0.15, -0.1) is 0 Å². The molecule has 0 spiro atoms. The molecule has 1 rings (SSSR count). The lowest BCUT2D eigenvalue weighted by Crippen LogP contribution is -2.36. The molecule has 0 aromatic carbocycles. The number of aliphatic hydroxyl groups is 2. The molecule has 0 heterocycles. The molecule has 1 fully saturated rings. The second-order valence-electron chi connectivity index (χ2n) is 5.07. The number of aliphatic hydroxyl groups excluding tert-OH is 2. The molecular weight excluding hydrogens is 202 g/mol. The zero-order valence-corrected chi connectivity index (χ0v) is 10.5. The SMILES string of the molecule is CCC(CCO)NCC(O)CC1CCCC1. The largest absolute Gasteiger partial charge is 0.396 e. The molecule has 3 nitrogen and oxygen atoms in total. The number of hydrogen-bond donors (Lipinski definition) is 3. The van der Waals surface area contributed by atoms with Gasteiger partial charge in [0.1, 0.15) is 0 Å². The van der Waals surface area contributed by atoms with Gasteiger partial charge in [-0.3, -0.25) is 0 Å². The molecular formula is C13H27NO2. The van der Waals surface area contributed by atoms with Crippen LogP contribution in [0.2, 0.25) is 0 Å². The first-order valence-corrected chi connectivity index (χ1v) is 6.78. The predicted octanol–water partition coefficient (Wildman–Crippen LogP) is 1.68. The van der Waals surface area contributed by atoms with Crippen LogP contribution >= 0.6 is 0 Å². The van der Waals surface area contributed by atoms with Gasteiger partial charge in [0.05, 0.1) is 6.10 Å². The van der Waals surface area contributed by atoms with E-state index in [0.717, 1.165) is 25.2 Å². The monoisotopic (exact) mass is 229 g/mol. The molecule has 2 unspecified atom stereocenters. The van der Waals surface area contributed by atoms with Gasteiger partial charge in [0.2, 0.25) is 0 Å². The Labute approximate surface area is 99.3 Å². The summed E-state index contributed by atoms with van der Waals surface area (Å²) in [7, 11) is 0. The van der Waals surface area contributed by atoms with Gasteiger partial charge in [0.15, 0.2) is 0 Å². The first-order valence-electron chi connectivity index (χ1n) is 6.78. The minimum absolute atomic E-state index is 0.212. The Morgan fingerprint density at radius 3 is 2.56 bits per heavy atom. The number of nitrogens with one attached hydrogen (secondary N) is 1. The maximum atomic E-state index is 9.90. The fourth-order valence-electron chi connectivity index (χ4n) is 2.62. The Kier molecular flexibility index (Phi) is 7.01. The summed E-state index contributed by atoms with van der Waals surface area (Å²) in [5.41, 5.74) is 0. The van der Waals surface area contributed by atoms with Crippen molar-refractivity contribution in [2.24, 2.45) is 5.92 Å². The van der Waals surface area contributed by atoms with E-state index in [1.54, 1.807) is 0 Å². The highest BCUT2D eigenvalue weighted by Crippen LogP contribution is 2.28. The standard InChI is InChI=1S/C13H27NO2/c1-2-12(7-8-15)14-10-13(16)9-11-5-3-4-6-11/h11-16H,2-10H2,1H3. The van der Waals surface area contributed by atoms with Gasteiger partial charge in [0, 0.05) is 19.2 Å². The van der Waals surface area contributed by atoms with Crippen LogP contribution in [0.1, 0.15) is 51.9 Å². The number of rotatable bonds is 8. The Morgan fingerprint density at radius 2 is 2.00 bits per heavy atom. The summed E-state index contributed by atoms with van der Waals surface area (Å²) in [6.45, 7) is 3.01. The quantitative estimate of drug-likeness (QED) is 0.593. The van der Waals surface area contributed by atoms with Crippen LogP contribution in [0.4, 0.5) is 0 Å². The van der Waals surface area contributed by atoms with Gasteiger partial charge in [-0.1, -0.05) is 32.6 Å².